The molecular weight excluding hydrogens is 302 g/mol. The topological polar surface area (TPSA) is 63.2 Å². The van der Waals surface area contributed by atoms with Crippen LogP contribution < -0.4 is 15.4 Å². The number of methoxy groups -OCH3 is 1. The Labute approximate surface area is 143 Å². The fraction of sp³-hybridized carbons (Fsp3) is 0.368. The Morgan fingerprint density at radius 1 is 1.21 bits per heavy atom. The molecule has 0 unspecified atom stereocenters. The zero-order chi connectivity index (χ0) is 17.4. The number of ether oxygens (including phenoxy) is 1. The molecule has 2 aromatic rings. The van der Waals surface area contributed by atoms with Gasteiger partial charge in [-0.15, -0.1) is 0 Å². The van der Waals surface area contributed by atoms with E-state index < -0.39 is 0 Å². The molecule has 24 heavy (non-hydrogen) atoms. The van der Waals surface area contributed by atoms with E-state index in [1.807, 2.05) is 30.3 Å². The van der Waals surface area contributed by atoms with Crippen molar-refractivity contribution in [1.82, 2.24) is 10.3 Å². The number of amides is 1. The van der Waals surface area contributed by atoms with Gasteiger partial charge in [0, 0.05) is 18.7 Å². The van der Waals surface area contributed by atoms with Gasteiger partial charge in [0.05, 0.1) is 19.0 Å². The fourth-order valence-corrected chi connectivity index (χ4v) is 2.25. The van der Waals surface area contributed by atoms with E-state index in [1.165, 1.54) is 0 Å². The SMILES string of the molecule is COc1ccccc1CNC(=O)c1ccc(NCCC(C)C)cn1. The summed E-state index contributed by atoms with van der Waals surface area (Å²) in [5, 5.41) is 6.17. The van der Waals surface area contributed by atoms with Gasteiger partial charge in [0.1, 0.15) is 11.4 Å². The molecule has 128 valence electrons. The molecule has 1 aromatic heterocycles. The Hall–Kier alpha value is -2.56. The lowest BCUT2D eigenvalue weighted by Gasteiger charge is -2.10. The number of carbonyl (C=O) groups is 1. The standard InChI is InChI=1S/C19H25N3O2/c1-14(2)10-11-20-16-8-9-17(21-13-16)19(23)22-12-15-6-4-5-7-18(15)24-3/h4-9,13-14,20H,10-12H2,1-3H3,(H,22,23). The molecule has 1 amide bonds. The summed E-state index contributed by atoms with van der Waals surface area (Å²) in [5.41, 5.74) is 2.26. The molecule has 5 heteroatoms. The summed E-state index contributed by atoms with van der Waals surface area (Å²) in [6.07, 6.45) is 2.79. The highest BCUT2D eigenvalue weighted by Crippen LogP contribution is 2.17. The summed E-state index contributed by atoms with van der Waals surface area (Å²) >= 11 is 0. The molecule has 2 rings (SSSR count). The van der Waals surface area contributed by atoms with Crippen molar-refractivity contribution in [2.75, 3.05) is 19.0 Å². The lowest BCUT2D eigenvalue weighted by Crippen LogP contribution is -2.24. The third-order valence-electron chi connectivity index (χ3n) is 3.68. The van der Waals surface area contributed by atoms with E-state index in [0.29, 0.717) is 18.2 Å². The Balaban J connectivity index is 1.88. The summed E-state index contributed by atoms with van der Waals surface area (Å²) in [4.78, 5) is 16.4. The van der Waals surface area contributed by atoms with E-state index in [-0.39, 0.29) is 5.91 Å². The molecule has 0 aliphatic heterocycles. The second-order valence-electron chi connectivity index (χ2n) is 6.04. The number of pyridine rings is 1. The first kappa shape index (κ1) is 17.8. The Bertz CT molecular complexity index is 654. The maximum absolute atomic E-state index is 12.2. The lowest BCUT2D eigenvalue weighted by molar-refractivity contribution is 0.0945. The highest BCUT2D eigenvalue weighted by atomic mass is 16.5. The average Bonchev–Trinajstić information content (AvgIpc) is 2.60. The lowest BCUT2D eigenvalue weighted by atomic mass is 10.1. The van der Waals surface area contributed by atoms with Crippen LogP contribution in [-0.4, -0.2) is 24.5 Å². The Morgan fingerprint density at radius 3 is 2.67 bits per heavy atom. The van der Waals surface area contributed by atoms with Crippen molar-refractivity contribution in [3.63, 3.8) is 0 Å². The van der Waals surface area contributed by atoms with Crippen molar-refractivity contribution in [1.29, 1.82) is 0 Å². The first-order valence-electron chi connectivity index (χ1n) is 8.20. The van der Waals surface area contributed by atoms with E-state index in [9.17, 15) is 4.79 Å². The summed E-state index contributed by atoms with van der Waals surface area (Å²) < 4.78 is 5.28. The van der Waals surface area contributed by atoms with Crippen LogP contribution in [0.25, 0.3) is 0 Å². The number of anilines is 1. The van der Waals surface area contributed by atoms with Crippen LogP contribution >= 0.6 is 0 Å². The smallest absolute Gasteiger partial charge is 0.270 e. The van der Waals surface area contributed by atoms with E-state index in [1.54, 1.807) is 19.4 Å². The van der Waals surface area contributed by atoms with Gasteiger partial charge in [0.2, 0.25) is 0 Å². The van der Waals surface area contributed by atoms with Gasteiger partial charge in [-0.2, -0.15) is 0 Å². The fourth-order valence-electron chi connectivity index (χ4n) is 2.25. The molecule has 0 aliphatic rings. The second-order valence-corrected chi connectivity index (χ2v) is 6.04. The molecule has 0 fully saturated rings. The first-order chi connectivity index (χ1) is 11.6. The minimum atomic E-state index is -0.199. The third-order valence-corrected chi connectivity index (χ3v) is 3.68. The van der Waals surface area contributed by atoms with Crippen LogP contribution in [0, 0.1) is 5.92 Å². The third kappa shape index (κ3) is 5.26. The summed E-state index contributed by atoms with van der Waals surface area (Å²) in [6.45, 7) is 5.68. The van der Waals surface area contributed by atoms with Gasteiger partial charge in [-0.3, -0.25) is 4.79 Å². The number of hydrogen-bond acceptors (Lipinski definition) is 4. The minimum absolute atomic E-state index is 0.199. The summed E-state index contributed by atoms with van der Waals surface area (Å²) in [6, 6.07) is 11.2. The van der Waals surface area contributed by atoms with Crippen LogP contribution in [0.5, 0.6) is 5.75 Å². The normalized spacial score (nSPS) is 10.5. The van der Waals surface area contributed by atoms with Crippen molar-refractivity contribution in [2.45, 2.75) is 26.8 Å². The molecular formula is C19H25N3O2. The van der Waals surface area contributed by atoms with Crippen molar-refractivity contribution < 1.29 is 9.53 Å². The van der Waals surface area contributed by atoms with Crippen LogP contribution in [-0.2, 0) is 6.54 Å². The number of nitrogens with zero attached hydrogens (tertiary/aromatic N) is 1. The average molecular weight is 327 g/mol. The monoisotopic (exact) mass is 327 g/mol. The molecule has 5 nitrogen and oxygen atoms in total. The van der Waals surface area contributed by atoms with Gasteiger partial charge in [0.25, 0.3) is 5.91 Å². The van der Waals surface area contributed by atoms with E-state index in [4.69, 9.17) is 4.74 Å². The minimum Gasteiger partial charge on any atom is -0.496 e. The van der Waals surface area contributed by atoms with Gasteiger partial charge >= 0.3 is 0 Å². The zero-order valence-electron chi connectivity index (χ0n) is 14.5. The molecule has 0 saturated carbocycles. The molecule has 2 N–H and O–H groups in total. The Morgan fingerprint density at radius 2 is 2.00 bits per heavy atom. The highest BCUT2D eigenvalue weighted by molar-refractivity contribution is 5.92. The van der Waals surface area contributed by atoms with Crippen LogP contribution in [0.3, 0.4) is 0 Å². The molecule has 1 heterocycles. The van der Waals surface area contributed by atoms with Crippen LogP contribution in [0.4, 0.5) is 5.69 Å². The second kappa shape index (κ2) is 8.91. The van der Waals surface area contributed by atoms with Crippen molar-refractivity contribution in [3.05, 3.63) is 53.9 Å². The molecule has 0 aliphatic carbocycles. The van der Waals surface area contributed by atoms with Crippen molar-refractivity contribution in [3.8, 4) is 5.75 Å². The van der Waals surface area contributed by atoms with E-state index >= 15 is 0 Å². The molecule has 0 radical (unpaired) electrons. The van der Waals surface area contributed by atoms with Gasteiger partial charge in [-0.1, -0.05) is 32.0 Å². The predicted octanol–water partition coefficient (Wildman–Crippen LogP) is 3.48. The maximum atomic E-state index is 12.2. The number of aromatic nitrogens is 1. The molecule has 0 atom stereocenters. The van der Waals surface area contributed by atoms with Crippen molar-refractivity contribution in [2.24, 2.45) is 5.92 Å². The van der Waals surface area contributed by atoms with Crippen LogP contribution in [0.15, 0.2) is 42.6 Å². The first-order valence-corrected chi connectivity index (χ1v) is 8.20. The number of carbonyl (C=O) groups excluding carboxylic acids is 1. The quantitative estimate of drug-likeness (QED) is 0.779. The number of benzene rings is 1. The van der Waals surface area contributed by atoms with Crippen LogP contribution in [0.1, 0.15) is 36.3 Å². The zero-order valence-corrected chi connectivity index (χ0v) is 14.5. The highest BCUT2D eigenvalue weighted by Gasteiger charge is 2.08. The van der Waals surface area contributed by atoms with E-state index in [0.717, 1.165) is 30.0 Å². The van der Waals surface area contributed by atoms with Gasteiger partial charge in [-0.05, 0) is 30.5 Å². The number of rotatable bonds is 8. The number of hydrogen-bond donors (Lipinski definition) is 2. The van der Waals surface area contributed by atoms with E-state index in [2.05, 4.69) is 29.5 Å². The molecule has 0 saturated heterocycles. The number of nitrogens with one attached hydrogen (secondary N) is 2. The summed E-state index contributed by atoms with van der Waals surface area (Å²) in [7, 11) is 1.62. The van der Waals surface area contributed by atoms with Crippen molar-refractivity contribution >= 4 is 11.6 Å². The number of para-hydroxylation sites is 1. The molecule has 1 aromatic carbocycles. The molecule has 0 bridgehead atoms. The van der Waals surface area contributed by atoms with Crippen LogP contribution in [0.2, 0.25) is 0 Å². The molecule has 0 spiro atoms. The predicted molar refractivity (Wildman–Crippen MR) is 96.3 cm³/mol. The Kier molecular flexibility index (Phi) is 6.61. The summed E-state index contributed by atoms with van der Waals surface area (Å²) in [5.74, 6) is 1.22. The maximum Gasteiger partial charge on any atom is 0.270 e. The van der Waals surface area contributed by atoms with Gasteiger partial charge in [-0.25, -0.2) is 4.98 Å². The van der Waals surface area contributed by atoms with Gasteiger partial charge in [0.15, 0.2) is 0 Å². The largest absolute Gasteiger partial charge is 0.496 e. The van der Waals surface area contributed by atoms with Gasteiger partial charge < -0.3 is 15.4 Å².